The summed E-state index contributed by atoms with van der Waals surface area (Å²) in [7, 11) is 0. The smallest absolute Gasteiger partial charge is 0.234 e. The molecule has 8 heteroatoms. The summed E-state index contributed by atoms with van der Waals surface area (Å²) in [5, 5.41) is 4.22. The molecule has 1 N–H and O–H groups in total. The Balaban J connectivity index is 1.44. The lowest BCUT2D eigenvalue weighted by Gasteiger charge is -2.14. The van der Waals surface area contributed by atoms with Crippen LogP contribution in [0.2, 0.25) is 10.0 Å². The van der Waals surface area contributed by atoms with Gasteiger partial charge < -0.3 is 5.32 Å². The average molecular weight is 529 g/mol. The van der Waals surface area contributed by atoms with Crippen LogP contribution in [-0.2, 0) is 17.6 Å². The van der Waals surface area contributed by atoms with Gasteiger partial charge >= 0.3 is 0 Å². The number of rotatable bonds is 8. The molecule has 0 spiro atoms. The van der Waals surface area contributed by atoms with Gasteiger partial charge in [-0.25, -0.2) is 4.98 Å². The van der Waals surface area contributed by atoms with Crippen LogP contribution < -0.4 is 5.32 Å². The molecule has 0 radical (unpaired) electrons. The zero-order valence-corrected chi connectivity index (χ0v) is 21.9. The minimum absolute atomic E-state index is 0.0261. The molecule has 4 aromatic rings. The minimum atomic E-state index is -0.0261. The highest BCUT2D eigenvalue weighted by Crippen LogP contribution is 2.33. The van der Waals surface area contributed by atoms with Crippen molar-refractivity contribution in [1.29, 1.82) is 0 Å². The van der Waals surface area contributed by atoms with Crippen molar-refractivity contribution < 1.29 is 4.79 Å². The number of halogens is 2. The fourth-order valence-electron chi connectivity index (χ4n) is 3.51. The van der Waals surface area contributed by atoms with Crippen LogP contribution >= 0.6 is 46.3 Å². The largest absolute Gasteiger partial charge is 0.325 e. The summed E-state index contributed by atoms with van der Waals surface area (Å²) >= 11 is 15.4. The Kier molecular flexibility index (Phi) is 8.27. The van der Waals surface area contributed by atoms with E-state index in [1.54, 1.807) is 35.8 Å². The van der Waals surface area contributed by atoms with E-state index in [2.05, 4.69) is 41.3 Å². The number of thioether (sulfide) groups is 1. The number of para-hydroxylation sites is 1. The van der Waals surface area contributed by atoms with Gasteiger partial charge in [-0.3, -0.25) is 9.79 Å². The van der Waals surface area contributed by atoms with E-state index in [0.29, 0.717) is 21.4 Å². The van der Waals surface area contributed by atoms with Gasteiger partial charge in [-0.15, -0.1) is 11.3 Å². The summed E-state index contributed by atoms with van der Waals surface area (Å²) in [6.07, 6.45) is 3.43. The van der Waals surface area contributed by atoms with Crippen molar-refractivity contribution >= 4 is 80.0 Å². The van der Waals surface area contributed by atoms with E-state index >= 15 is 0 Å². The molecule has 0 aliphatic carbocycles. The molecule has 0 fully saturated rings. The predicted molar refractivity (Wildman–Crippen MR) is 148 cm³/mol. The second-order valence-electron chi connectivity index (χ2n) is 7.52. The second kappa shape index (κ2) is 11.4. The molecule has 1 amide bonds. The molecule has 4 nitrogen and oxygen atoms in total. The summed E-state index contributed by atoms with van der Waals surface area (Å²) in [6, 6.07) is 17.4. The Morgan fingerprint density at radius 2 is 1.74 bits per heavy atom. The van der Waals surface area contributed by atoms with E-state index < -0.39 is 0 Å². The highest BCUT2D eigenvalue weighted by molar-refractivity contribution is 8.01. The number of carbonyl (C=O) groups is 1. The van der Waals surface area contributed by atoms with E-state index in [1.165, 1.54) is 11.8 Å². The number of aliphatic imine (C=N–C) groups is 1. The molecule has 1 aromatic heterocycles. The molecular weight excluding hydrogens is 505 g/mol. The van der Waals surface area contributed by atoms with Gasteiger partial charge in [0.05, 0.1) is 31.7 Å². The first-order valence-electron chi connectivity index (χ1n) is 10.9. The second-order valence-corrected chi connectivity index (χ2v) is 10.6. The number of nitrogens with zero attached hydrogens (tertiary/aromatic N) is 2. The highest BCUT2D eigenvalue weighted by atomic mass is 35.5. The Bertz CT molecular complexity index is 1330. The van der Waals surface area contributed by atoms with Gasteiger partial charge in [0.25, 0.3) is 0 Å². The number of nitrogens with one attached hydrogen (secondary N) is 1. The summed E-state index contributed by atoms with van der Waals surface area (Å²) in [6.45, 7) is 4.20. The zero-order chi connectivity index (χ0) is 24.1. The van der Waals surface area contributed by atoms with Crippen LogP contribution in [0.15, 0.2) is 63.9 Å². The number of thiazole rings is 1. The third-order valence-corrected chi connectivity index (χ3v) is 8.11. The van der Waals surface area contributed by atoms with Gasteiger partial charge in [-0.05, 0) is 54.3 Å². The van der Waals surface area contributed by atoms with Crippen LogP contribution in [0.25, 0.3) is 10.2 Å². The fraction of sp³-hybridized carbons (Fsp3) is 0.192. The van der Waals surface area contributed by atoms with Gasteiger partial charge in [0, 0.05) is 17.5 Å². The molecular formula is C26H23Cl2N3OS2. The third kappa shape index (κ3) is 5.81. The maximum atomic E-state index is 12.7. The number of aromatic nitrogens is 1. The van der Waals surface area contributed by atoms with Crippen LogP contribution in [-0.4, -0.2) is 22.9 Å². The van der Waals surface area contributed by atoms with Crippen LogP contribution in [0.1, 0.15) is 30.5 Å². The molecule has 0 unspecified atom stereocenters. The lowest BCUT2D eigenvalue weighted by Crippen LogP contribution is -2.16. The maximum Gasteiger partial charge on any atom is 0.234 e. The monoisotopic (exact) mass is 527 g/mol. The van der Waals surface area contributed by atoms with Gasteiger partial charge in [0.2, 0.25) is 5.91 Å². The van der Waals surface area contributed by atoms with Crippen molar-refractivity contribution in [2.75, 3.05) is 11.1 Å². The molecule has 0 aliphatic heterocycles. The van der Waals surface area contributed by atoms with Crippen LogP contribution in [0.5, 0.6) is 0 Å². The molecule has 4 rings (SSSR count). The number of amides is 1. The van der Waals surface area contributed by atoms with Crippen LogP contribution in [0.3, 0.4) is 0 Å². The SMILES string of the molecule is CCc1cccc(CC)c1NC(=O)CSc1nc2ccc(N=Cc3c(Cl)cccc3Cl)cc2s1. The normalized spacial score (nSPS) is 11.4. The van der Waals surface area contributed by atoms with Gasteiger partial charge in [-0.1, -0.05) is 73.1 Å². The minimum Gasteiger partial charge on any atom is -0.325 e. The Morgan fingerprint density at radius 1 is 1.06 bits per heavy atom. The van der Waals surface area contributed by atoms with Crippen molar-refractivity contribution in [2.45, 2.75) is 31.0 Å². The Labute approximate surface area is 217 Å². The molecule has 174 valence electrons. The first kappa shape index (κ1) is 24.7. The molecule has 34 heavy (non-hydrogen) atoms. The standard InChI is InChI=1S/C26H23Cl2N3OS2/c1-3-16-7-5-8-17(4-2)25(16)31-24(32)15-33-26-30-22-12-11-18(13-23(22)34-26)29-14-19-20(27)9-6-10-21(19)28/h5-14H,3-4,15H2,1-2H3,(H,31,32). The van der Waals surface area contributed by atoms with Gasteiger partial charge in [0.1, 0.15) is 0 Å². The van der Waals surface area contributed by atoms with Gasteiger partial charge in [-0.2, -0.15) is 0 Å². The first-order chi connectivity index (χ1) is 16.5. The van der Waals surface area contributed by atoms with Crippen LogP contribution in [0.4, 0.5) is 11.4 Å². The number of carbonyl (C=O) groups excluding carboxylic acids is 1. The molecule has 0 saturated heterocycles. The van der Waals surface area contributed by atoms with E-state index in [0.717, 1.165) is 49.9 Å². The first-order valence-corrected chi connectivity index (χ1v) is 13.5. The number of hydrogen-bond acceptors (Lipinski definition) is 5. The molecule has 0 aliphatic rings. The topological polar surface area (TPSA) is 54.4 Å². The Hall–Kier alpha value is -2.38. The molecule has 0 bridgehead atoms. The predicted octanol–water partition coefficient (Wildman–Crippen LogP) is 8.21. The number of aryl methyl sites for hydroxylation is 2. The quantitative estimate of drug-likeness (QED) is 0.185. The van der Waals surface area contributed by atoms with Crippen molar-refractivity contribution in [3.63, 3.8) is 0 Å². The number of benzene rings is 3. The van der Waals surface area contributed by atoms with Crippen molar-refractivity contribution in [1.82, 2.24) is 4.98 Å². The maximum absolute atomic E-state index is 12.7. The number of fused-ring (bicyclic) bond motifs is 1. The van der Waals surface area contributed by atoms with E-state index in [1.807, 2.05) is 24.3 Å². The molecule has 3 aromatic carbocycles. The van der Waals surface area contributed by atoms with Crippen LogP contribution in [0, 0.1) is 0 Å². The summed E-state index contributed by atoms with van der Waals surface area (Å²) < 4.78 is 1.85. The summed E-state index contributed by atoms with van der Waals surface area (Å²) in [4.78, 5) is 21.8. The van der Waals surface area contributed by atoms with Crippen molar-refractivity contribution in [2.24, 2.45) is 4.99 Å². The molecule has 1 heterocycles. The van der Waals surface area contributed by atoms with E-state index in [9.17, 15) is 4.79 Å². The van der Waals surface area contributed by atoms with E-state index in [4.69, 9.17) is 23.2 Å². The lowest BCUT2D eigenvalue weighted by molar-refractivity contribution is -0.113. The fourth-order valence-corrected chi connectivity index (χ4v) is 5.91. The lowest BCUT2D eigenvalue weighted by atomic mass is 10.0. The highest BCUT2D eigenvalue weighted by Gasteiger charge is 2.12. The van der Waals surface area contributed by atoms with Crippen molar-refractivity contribution in [3.05, 3.63) is 81.3 Å². The third-order valence-electron chi connectivity index (χ3n) is 5.28. The summed E-state index contributed by atoms with van der Waals surface area (Å²) in [5.74, 6) is 0.276. The van der Waals surface area contributed by atoms with E-state index in [-0.39, 0.29) is 5.91 Å². The average Bonchev–Trinajstić information content (AvgIpc) is 3.25. The Morgan fingerprint density at radius 3 is 2.41 bits per heavy atom. The number of anilines is 1. The number of hydrogen-bond donors (Lipinski definition) is 1. The van der Waals surface area contributed by atoms with Crippen molar-refractivity contribution in [3.8, 4) is 0 Å². The molecule has 0 atom stereocenters. The molecule has 0 saturated carbocycles. The van der Waals surface area contributed by atoms with Gasteiger partial charge in [0.15, 0.2) is 4.34 Å². The summed E-state index contributed by atoms with van der Waals surface area (Å²) in [5.41, 5.74) is 5.61. The zero-order valence-electron chi connectivity index (χ0n) is 18.8.